The Hall–Kier alpha value is -2.55. The van der Waals surface area contributed by atoms with Gasteiger partial charge in [-0.25, -0.2) is 4.79 Å². The fraction of sp³-hybridized carbons (Fsp3) is 0.118. The second-order valence-corrected chi connectivity index (χ2v) is 4.92. The van der Waals surface area contributed by atoms with Crippen LogP contribution >= 0.6 is 0 Å². The Kier molecular flexibility index (Phi) is 3.03. The van der Waals surface area contributed by atoms with E-state index in [9.17, 15) is 9.90 Å². The standard InChI is InChI=1S/C17H15NO2/c1-12-6-2-5-9-16(12)18-10-13-7-3-4-8-14(13)15(11-18)17(19)20/h2-9,11H,10H2,1H3,(H,19,20). The molecule has 2 aromatic rings. The van der Waals surface area contributed by atoms with E-state index in [0.717, 1.165) is 22.4 Å². The fourth-order valence-corrected chi connectivity index (χ4v) is 2.59. The number of para-hydroxylation sites is 1. The number of anilines is 1. The number of hydrogen-bond donors (Lipinski definition) is 1. The maximum Gasteiger partial charge on any atom is 0.337 e. The summed E-state index contributed by atoms with van der Waals surface area (Å²) in [5.74, 6) is -0.893. The van der Waals surface area contributed by atoms with Crippen LogP contribution in [0.25, 0.3) is 5.57 Å². The summed E-state index contributed by atoms with van der Waals surface area (Å²) in [5, 5.41) is 9.42. The summed E-state index contributed by atoms with van der Waals surface area (Å²) >= 11 is 0. The molecular formula is C17H15NO2. The maximum absolute atomic E-state index is 11.5. The molecule has 0 radical (unpaired) electrons. The van der Waals surface area contributed by atoms with Crippen LogP contribution in [-0.2, 0) is 11.3 Å². The zero-order chi connectivity index (χ0) is 14.1. The van der Waals surface area contributed by atoms with E-state index < -0.39 is 5.97 Å². The van der Waals surface area contributed by atoms with E-state index in [1.165, 1.54) is 0 Å². The van der Waals surface area contributed by atoms with E-state index >= 15 is 0 Å². The molecule has 0 aromatic heterocycles. The summed E-state index contributed by atoms with van der Waals surface area (Å²) in [7, 11) is 0. The molecule has 3 rings (SSSR count). The van der Waals surface area contributed by atoms with Gasteiger partial charge < -0.3 is 10.0 Å². The molecule has 1 aliphatic heterocycles. The molecule has 2 aromatic carbocycles. The Morgan fingerprint density at radius 3 is 2.55 bits per heavy atom. The highest BCUT2D eigenvalue weighted by molar-refractivity contribution is 6.16. The molecule has 3 nitrogen and oxygen atoms in total. The molecule has 0 saturated heterocycles. The number of carboxylic acid groups (broad SMARTS) is 1. The van der Waals surface area contributed by atoms with E-state index in [4.69, 9.17) is 0 Å². The number of benzene rings is 2. The van der Waals surface area contributed by atoms with Gasteiger partial charge in [0.05, 0.1) is 5.57 Å². The van der Waals surface area contributed by atoms with Crippen molar-refractivity contribution in [3.63, 3.8) is 0 Å². The number of fused-ring (bicyclic) bond motifs is 1. The molecule has 0 unspecified atom stereocenters. The van der Waals surface area contributed by atoms with Crippen LogP contribution in [0.15, 0.2) is 54.7 Å². The second-order valence-electron chi connectivity index (χ2n) is 4.92. The Labute approximate surface area is 117 Å². The molecule has 0 saturated carbocycles. The Balaban J connectivity index is 2.11. The van der Waals surface area contributed by atoms with E-state index in [-0.39, 0.29) is 0 Å². The van der Waals surface area contributed by atoms with Gasteiger partial charge in [0.15, 0.2) is 0 Å². The lowest BCUT2D eigenvalue weighted by Gasteiger charge is -2.28. The normalized spacial score (nSPS) is 13.7. The lowest BCUT2D eigenvalue weighted by Crippen LogP contribution is -2.23. The van der Waals surface area contributed by atoms with Crippen molar-refractivity contribution >= 4 is 17.2 Å². The van der Waals surface area contributed by atoms with Crippen LogP contribution in [0.1, 0.15) is 16.7 Å². The third-order valence-electron chi connectivity index (χ3n) is 3.59. The molecule has 1 aliphatic rings. The third kappa shape index (κ3) is 2.07. The van der Waals surface area contributed by atoms with Gasteiger partial charge in [-0.3, -0.25) is 0 Å². The van der Waals surface area contributed by atoms with Crippen molar-refractivity contribution in [1.29, 1.82) is 0 Å². The van der Waals surface area contributed by atoms with Crippen molar-refractivity contribution in [2.45, 2.75) is 13.5 Å². The van der Waals surface area contributed by atoms with Gasteiger partial charge in [-0.2, -0.15) is 0 Å². The molecule has 0 bridgehead atoms. The number of carboxylic acids is 1. The topological polar surface area (TPSA) is 40.5 Å². The van der Waals surface area contributed by atoms with Gasteiger partial charge in [0.1, 0.15) is 0 Å². The van der Waals surface area contributed by atoms with Crippen molar-refractivity contribution in [2.75, 3.05) is 4.90 Å². The number of carbonyl (C=O) groups is 1. The van der Waals surface area contributed by atoms with Gasteiger partial charge in [0, 0.05) is 18.4 Å². The molecule has 20 heavy (non-hydrogen) atoms. The minimum atomic E-state index is -0.893. The molecule has 0 aliphatic carbocycles. The van der Waals surface area contributed by atoms with Crippen LogP contribution in [0.5, 0.6) is 0 Å². The summed E-state index contributed by atoms with van der Waals surface area (Å²) in [4.78, 5) is 13.5. The van der Waals surface area contributed by atoms with Crippen LogP contribution in [-0.4, -0.2) is 11.1 Å². The van der Waals surface area contributed by atoms with Gasteiger partial charge >= 0.3 is 5.97 Å². The highest BCUT2D eigenvalue weighted by Crippen LogP contribution is 2.31. The Morgan fingerprint density at radius 1 is 1.10 bits per heavy atom. The average molecular weight is 265 g/mol. The second kappa shape index (κ2) is 4.85. The van der Waals surface area contributed by atoms with Crippen LogP contribution in [0.2, 0.25) is 0 Å². The maximum atomic E-state index is 11.5. The summed E-state index contributed by atoms with van der Waals surface area (Å²) < 4.78 is 0. The highest BCUT2D eigenvalue weighted by atomic mass is 16.4. The first kappa shape index (κ1) is 12.5. The monoisotopic (exact) mass is 265 g/mol. The average Bonchev–Trinajstić information content (AvgIpc) is 2.46. The Bertz CT molecular complexity index is 704. The van der Waals surface area contributed by atoms with E-state index in [1.54, 1.807) is 6.20 Å². The van der Waals surface area contributed by atoms with Crippen LogP contribution in [0.4, 0.5) is 5.69 Å². The van der Waals surface area contributed by atoms with Gasteiger partial charge in [-0.05, 0) is 29.7 Å². The first-order valence-electron chi connectivity index (χ1n) is 6.52. The number of hydrogen-bond acceptors (Lipinski definition) is 2. The molecule has 0 atom stereocenters. The van der Waals surface area contributed by atoms with Crippen molar-refractivity contribution in [2.24, 2.45) is 0 Å². The van der Waals surface area contributed by atoms with Gasteiger partial charge in [-0.15, -0.1) is 0 Å². The van der Waals surface area contributed by atoms with Gasteiger partial charge in [0.2, 0.25) is 0 Å². The lowest BCUT2D eigenvalue weighted by molar-refractivity contribution is -0.130. The van der Waals surface area contributed by atoms with Crippen molar-refractivity contribution < 1.29 is 9.90 Å². The van der Waals surface area contributed by atoms with Crippen molar-refractivity contribution in [3.05, 3.63) is 71.4 Å². The van der Waals surface area contributed by atoms with E-state index in [0.29, 0.717) is 12.1 Å². The molecule has 3 heteroatoms. The van der Waals surface area contributed by atoms with Crippen molar-refractivity contribution in [1.82, 2.24) is 0 Å². The molecule has 1 N–H and O–H groups in total. The molecular weight excluding hydrogens is 250 g/mol. The van der Waals surface area contributed by atoms with E-state index in [2.05, 4.69) is 0 Å². The number of rotatable bonds is 2. The predicted octanol–water partition coefficient (Wildman–Crippen LogP) is 3.44. The molecule has 0 fully saturated rings. The van der Waals surface area contributed by atoms with Crippen LogP contribution < -0.4 is 4.90 Å². The minimum absolute atomic E-state index is 0.343. The molecule has 0 amide bonds. The Morgan fingerprint density at radius 2 is 1.80 bits per heavy atom. The largest absolute Gasteiger partial charge is 0.478 e. The molecule has 1 heterocycles. The number of aryl methyl sites for hydroxylation is 1. The molecule has 0 spiro atoms. The number of nitrogens with zero attached hydrogens (tertiary/aromatic N) is 1. The zero-order valence-corrected chi connectivity index (χ0v) is 11.2. The predicted molar refractivity (Wildman–Crippen MR) is 79.4 cm³/mol. The minimum Gasteiger partial charge on any atom is -0.478 e. The SMILES string of the molecule is Cc1ccccc1N1C=C(C(=O)O)c2ccccc2C1. The van der Waals surface area contributed by atoms with Gasteiger partial charge in [-0.1, -0.05) is 42.5 Å². The smallest absolute Gasteiger partial charge is 0.337 e. The summed E-state index contributed by atoms with van der Waals surface area (Å²) in [6.07, 6.45) is 1.73. The van der Waals surface area contributed by atoms with Crippen LogP contribution in [0.3, 0.4) is 0 Å². The highest BCUT2D eigenvalue weighted by Gasteiger charge is 2.22. The first-order valence-corrected chi connectivity index (χ1v) is 6.52. The summed E-state index contributed by atoms with van der Waals surface area (Å²) in [5.41, 5.74) is 4.37. The summed E-state index contributed by atoms with van der Waals surface area (Å²) in [6, 6.07) is 15.7. The lowest BCUT2D eigenvalue weighted by atomic mass is 9.96. The van der Waals surface area contributed by atoms with Gasteiger partial charge in [0.25, 0.3) is 0 Å². The quantitative estimate of drug-likeness (QED) is 0.904. The molecule has 100 valence electrons. The van der Waals surface area contributed by atoms with Crippen LogP contribution in [0, 0.1) is 6.92 Å². The number of aliphatic carboxylic acids is 1. The fourth-order valence-electron chi connectivity index (χ4n) is 2.59. The zero-order valence-electron chi connectivity index (χ0n) is 11.2. The first-order chi connectivity index (χ1) is 9.66. The third-order valence-corrected chi connectivity index (χ3v) is 3.59. The van der Waals surface area contributed by atoms with Crippen molar-refractivity contribution in [3.8, 4) is 0 Å². The summed E-state index contributed by atoms with van der Waals surface area (Å²) in [6.45, 7) is 2.72. The van der Waals surface area contributed by atoms with E-state index in [1.807, 2.05) is 60.4 Å².